The molecule has 0 bridgehead atoms. The van der Waals surface area contributed by atoms with Crippen LogP contribution in [0, 0.1) is 21.7 Å². The molecule has 2 aromatic rings. The number of nitrogens with one attached hydrogen (secondary N) is 1. The van der Waals surface area contributed by atoms with Crippen LogP contribution in [0.3, 0.4) is 0 Å². The molecule has 0 saturated heterocycles. The summed E-state index contributed by atoms with van der Waals surface area (Å²) in [4.78, 5) is 10.1. The molecule has 0 aliphatic rings. The minimum atomic E-state index is -1.35. The van der Waals surface area contributed by atoms with Gasteiger partial charge in [0.25, 0.3) is 5.69 Å². The summed E-state index contributed by atoms with van der Waals surface area (Å²) in [6.45, 7) is -0.433. The van der Waals surface area contributed by atoms with Crippen molar-refractivity contribution in [1.82, 2.24) is 0 Å². The first-order valence-corrected chi connectivity index (χ1v) is 6.09. The van der Waals surface area contributed by atoms with Crippen molar-refractivity contribution in [3.63, 3.8) is 0 Å². The highest BCUT2D eigenvalue weighted by atomic mass is 19.2. The fourth-order valence-electron chi connectivity index (χ4n) is 1.92. The van der Waals surface area contributed by atoms with Crippen molar-refractivity contribution in [3.05, 3.63) is 69.8 Å². The lowest BCUT2D eigenvalue weighted by atomic mass is 10.1. The van der Waals surface area contributed by atoms with Crippen LogP contribution in [0.25, 0.3) is 0 Å². The maximum Gasteiger partial charge on any atom is 0.295 e. The van der Waals surface area contributed by atoms with Gasteiger partial charge in [-0.25, -0.2) is 8.78 Å². The second kappa shape index (κ2) is 6.27. The fourth-order valence-corrected chi connectivity index (χ4v) is 1.92. The lowest BCUT2D eigenvalue weighted by Crippen LogP contribution is -2.17. The van der Waals surface area contributed by atoms with Crippen LogP contribution in [0.4, 0.5) is 20.2 Å². The van der Waals surface area contributed by atoms with Gasteiger partial charge in [-0.2, -0.15) is 0 Å². The zero-order valence-corrected chi connectivity index (χ0v) is 10.8. The first kappa shape index (κ1) is 14.9. The number of anilines is 1. The van der Waals surface area contributed by atoms with Crippen LogP contribution in [0.2, 0.25) is 0 Å². The Morgan fingerprint density at radius 3 is 2.43 bits per heavy atom. The molecule has 1 atom stereocenters. The van der Waals surface area contributed by atoms with Crippen LogP contribution in [0.15, 0.2) is 42.5 Å². The molecule has 5 nitrogen and oxygen atoms in total. The van der Waals surface area contributed by atoms with Gasteiger partial charge in [0, 0.05) is 6.07 Å². The molecule has 2 N–H and O–H groups in total. The number of nitro benzene ring substituents is 1. The van der Waals surface area contributed by atoms with Gasteiger partial charge in [0.2, 0.25) is 0 Å². The SMILES string of the molecule is O=[N+]([O-])c1ccc(F)c(F)c1NC(CO)c1ccccc1. The first-order chi connectivity index (χ1) is 10.0. The molecule has 0 heterocycles. The Kier molecular flexibility index (Phi) is 4.44. The van der Waals surface area contributed by atoms with E-state index in [9.17, 15) is 24.0 Å². The number of aliphatic hydroxyl groups excluding tert-OH is 1. The predicted octanol–water partition coefficient (Wildman–Crippen LogP) is 3.02. The molecule has 1 unspecified atom stereocenters. The number of halogens is 2. The van der Waals surface area contributed by atoms with Gasteiger partial charge in [-0.1, -0.05) is 30.3 Å². The van der Waals surface area contributed by atoms with E-state index in [4.69, 9.17) is 0 Å². The van der Waals surface area contributed by atoms with E-state index in [-0.39, 0.29) is 0 Å². The number of aliphatic hydroxyl groups is 1. The molecule has 0 amide bonds. The Morgan fingerprint density at radius 1 is 1.19 bits per heavy atom. The van der Waals surface area contributed by atoms with Crippen LogP contribution in [-0.4, -0.2) is 16.6 Å². The van der Waals surface area contributed by atoms with Crippen molar-refractivity contribution < 1.29 is 18.8 Å². The van der Waals surface area contributed by atoms with E-state index in [0.717, 1.165) is 6.07 Å². The van der Waals surface area contributed by atoms with Crippen molar-refractivity contribution in [2.75, 3.05) is 11.9 Å². The van der Waals surface area contributed by atoms with Gasteiger partial charge in [-0.05, 0) is 11.6 Å². The van der Waals surface area contributed by atoms with Gasteiger partial charge in [0.1, 0.15) is 0 Å². The average Bonchev–Trinajstić information content (AvgIpc) is 2.49. The fraction of sp³-hybridized carbons (Fsp3) is 0.143. The van der Waals surface area contributed by atoms with Gasteiger partial charge in [0.05, 0.1) is 17.6 Å². The van der Waals surface area contributed by atoms with E-state index >= 15 is 0 Å². The van der Waals surface area contributed by atoms with Gasteiger partial charge in [-0.3, -0.25) is 10.1 Å². The Bertz CT molecular complexity index is 650. The molecule has 2 aromatic carbocycles. The van der Waals surface area contributed by atoms with Crippen molar-refractivity contribution in [1.29, 1.82) is 0 Å². The molecule has 7 heteroatoms. The number of hydrogen-bond donors (Lipinski definition) is 2. The number of nitro groups is 1. The summed E-state index contributed by atoms with van der Waals surface area (Å²) in [7, 11) is 0. The molecule has 0 fully saturated rings. The number of hydrogen-bond acceptors (Lipinski definition) is 4. The monoisotopic (exact) mass is 294 g/mol. The summed E-state index contributed by atoms with van der Waals surface area (Å²) < 4.78 is 27.1. The zero-order chi connectivity index (χ0) is 15.4. The van der Waals surface area contributed by atoms with Crippen LogP contribution >= 0.6 is 0 Å². The van der Waals surface area contributed by atoms with E-state index in [1.54, 1.807) is 30.3 Å². The van der Waals surface area contributed by atoms with Crippen LogP contribution in [0.1, 0.15) is 11.6 Å². The van der Waals surface area contributed by atoms with Gasteiger partial charge < -0.3 is 10.4 Å². The quantitative estimate of drug-likeness (QED) is 0.656. The minimum Gasteiger partial charge on any atom is -0.394 e. The molecule has 0 spiro atoms. The maximum atomic E-state index is 13.8. The number of nitrogens with zero attached hydrogens (tertiary/aromatic N) is 1. The highest BCUT2D eigenvalue weighted by molar-refractivity contribution is 5.63. The molecule has 2 rings (SSSR count). The summed E-state index contributed by atoms with van der Waals surface area (Å²) in [6, 6.07) is 9.26. The van der Waals surface area contributed by atoms with Crippen molar-refractivity contribution >= 4 is 11.4 Å². The van der Waals surface area contributed by atoms with Crippen LogP contribution < -0.4 is 5.32 Å². The number of benzene rings is 2. The second-order valence-corrected chi connectivity index (χ2v) is 4.30. The summed E-state index contributed by atoms with van der Waals surface area (Å²) in [5.41, 5.74) is -0.579. The number of rotatable bonds is 5. The van der Waals surface area contributed by atoms with Crippen molar-refractivity contribution in [3.8, 4) is 0 Å². The second-order valence-electron chi connectivity index (χ2n) is 4.30. The molecular formula is C14H12F2N2O3. The maximum absolute atomic E-state index is 13.8. The molecule has 0 radical (unpaired) electrons. The van der Waals surface area contributed by atoms with E-state index in [0.29, 0.717) is 11.6 Å². The Balaban J connectivity index is 2.42. The van der Waals surface area contributed by atoms with Gasteiger partial charge >= 0.3 is 0 Å². The molecular weight excluding hydrogens is 282 g/mol. The largest absolute Gasteiger partial charge is 0.394 e. The lowest BCUT2D eigenvalue weighted by molar-refractivity contribution is -0.384. The third kappa shape index (κ3) is 3.14. The van der Waals surface area contributed by atoms with Crippen molar-refractivity contribution in [2.45, 2.75) is 6.04 Å². The summed E-state index contributed by atoms with van der Waals surface area (Å²) in [6.07, 6.45) is 0. The normalized spacial score (nSPS) is 12.0. The lowest BCUT2D eigenvalue weighted by Gasteiger charge is -2.18. The zero-order valence-electron chi connectivity index (χ0n) is 10.8. The average molecular weight is 294 g/mol. The Labute approximate surface area is 119 Å². The molecule has 0 aromatic heterocycles. The summed E-state index contributed by atoms with van der Waals surface area (Å²) >= 11 is 0. The third-order valence-corrected chi connectivity index (χ3v) is 2.97. The summed E-state index contributed by atoms with van der Waals surface area (Å²) in [5.74, 6) is -2.55. The highest BCUT2D eigenvalue weighted by Gasteiger charge is 2.24. The summed E-state index contributed by atoms with van der Waals surface area (Å²) in [5, 5.41) is 22.8. The highest BCUT2D eigenvalue weighted by Crippen LogP contribution is 2.32. The smallest absolute Gasteiger partial charge is 0.295 e. The minimum absolute atomic E-state index is 0.433. The van der Waals surface area contributed by atoms with Crippen LogP contribution in [0.5, 0.6) is 0 Å². The molecule has 0 aliphatic carbocycles. The van der Waals surface area contributed by atoms with E-state index in [1.165, 1.54) is 0 Å². The first-order valence-electron chi connectivity index (χ1n) is 6.09. The van der Waals surface area contributed by atoms with Crippen molar-refractivity contribution in [2.24, 2.45) is 0 Å². The van der Waals surface area contributed by atoms with E-state index in [2.05, 4.69) is 5.32 Å². The topological polar surface area (TPSA) is 75.4 Å². The standard InChI is InChI=1S/C14H12F2N2O3/c15-10-6-7-12(18(20)21)14(13(10)16)17-11(8-19)9-4-2-1-3-5-9/h1-7,11,17,19H,8H2. The van der Waals surface area contributed by atoms with E-state index in [1.807, 2.05) is 0 Å². The molecule has 0 saturated carbocycles. The third-order valence-electron chi connectivity index (χ3n) is 2.97. The molecule has 21 heavy (non-hydrogen) atoms. The Morgan fingerprint density at radius 2 is 1.86 bits per heavy atom. The van der Waals surface area contributed by atoms with Gasteiger partial charge in [0.15, 0.2) is 17.3 Å². The molecule has 0 aliphatic heterocycles. The predicted molar refractivity (Wildman–Crippen MR) is 72.9 cm³/mol. The Hall–Kier alpha value is -2.54. The van der Waals surface area contributed by atoms with Gasteiger partial charge in [-0.15, -0.1) is 0 Å². The molecule has 110 valence electrons. The van der Waals surface area contributed by atoms with E-state index < -0.39 is 40.6 Å². The van der Waals surface area contributed by atoms with Crippen LogP contribution in [-0.2, 0) is 0 Å².